The second-order valence-electron chi connectivity index (χ2n) is 7.98. The highest BCUT2D eigenvalue weighted by Crippen LogP contribution is 2.24. The SMILES string of the molecule is Cc1ccc(C)c(Oc2ccc(CNC(=O)CCNC(=O)N(C)Cc3ccccc3)cn2)c1. The smallest absolute Gasteiger partial charge is 0.317 e. The van der Waals surface area contributed by atoms with Crippen LogP contribution in [0, 0.1) is 13.8 Å². The van der Waals surface area contributed by atoms with Crippen LogP contribution in [0.5, 0.6) is 11.6 Å². The maximum atomic E-state index is 12.2. The Morgan fingerprint density at radius 2 is 1.76 bits per heavy atom. The molecule has 2 aromatic carbocycles. The van der Waals surface area contributed by atoms with Crippen LogP contribution in [0.25, 0.3) is 0 Å². The van der Waals surface area contributed by atoms with E-state index in [9.17, 15) is 9.59 Å². The molecule has 0 radical (unpaired) electrons. The molecule has 172 valence electrons. The van der Waals surface area contributed by atoms with E-state index in [4.69, 9.17) is 4.74 Å². The molecule has 0 atom stereocenters. The molecule has 1 aromatic heterocycles. The van der Waals surface area contributed by atoms with Gasteiger partial charge in [0.05, 0.1) is 0 Å². The number of hydrogen-bond acceptors (Lipinski definition) is 4. The van der Waals surface area contributed by atoms with Crippen LogP contribution in [0.4, 0.5) is 4.79 Å². The van der Waals surface area contributed by atoms with Gasteiger partial charge in [-0.15, -0.1) is 0 Å². The predicted octanol–water partition coefficient (Wildman–Crippen LogP) is 4.34. The third-order valence-electron chi connectivity index (χ3n) is 5.08. The number of amides is 3. The number of aryl methyl sites for hydroxylation is 2. The molecule has 7 heteroatoms. The summed E-state index contributed by atoms with van der Waals surface area (Å²) in [7, 11) is 1.73. The van der Waals surface area contributed by atoms with Gasteiger partial charge in [-0.3, -0.25) is 4.79 Å². The number of carbonyl (C=O) groups is 2. The van der Waals surface area contributed by atoms with Crippen LogP contribution in [0.2, 0.25) is 0 Å². The summed E-state index contributed by atoms with van der Waals surface area (Å²) in [6.45, 7) is 5.14. The summed E-state index contributed by atoms with van der Waals surface area (Å²) in [5.74, 6) is 1.14. The lowest BCUT2D eigenvalue weighted by atomic mass is 10.1. The molecule has 1 heterocycles. The van der Waals surface area contributed by atoms with Crippen molar-refractivity contribution >= 4 is 11.9 Å². The Balaban J connectivity index is 1.37. The zero-order chi connectivity index (χ0) is 23.6. The average Bonchev–Trinajstić information content (AvgIpc) is 2.81. The molecule has 0 aliphatic heterocycles. The molecule has 0 unspecified atom stereocenters. The molecule has 0 spiro atoms. The summed E-state index contributed by atoms with van der Waals surface area (Å²) in [5, 5.41) is 5.61. The van der Waals surface area contributed by atoms with Crippen molar-refractivity contribution in [2.45, 2.75) is 33.4 Å². The first-order valence-electron chi connectivity index (χ1n) is 10.9. The molecule has 3 aromatic rings. The van der Waals surface area contributed by atoms with Crippen molar-refractivity contribution in [2.24, 2.45) is 0 Å². The number of ether oxygens (including phenoxy) is 1. The molecular formula is C26H30N4O3. The van der Waals surface area contributed by atoms with Crippen molar-refractivity contribution in [3.8, 4) is 11.6 Å². The number of benzene rings is 2. The van der Waals surface area contributed by atoms with Crippen molar-refractivity contribution in [3.63, 3.8) is 0 Å². The van der Waals surface area contributed by atoms with Gasteiger partial charge in [-0.1, -0.05) is 48.5 Å². The van der Waals surface area contributed by atoms with Gasteiger partial charge in [-0.25, -0.2) is 9.78 Å². The number of hydrogen-bond donors (Lipinski definition) is 2. The summed E-state index contributed by atoms with van der Waals surface area (Å²) in [5.41, 5.74) is 4.07. The van der Waals surface area contributed by atoms with E-state index in [1.807, 2.05) is 68.4 Å². The van der Waals surface area contributed by atoms with Gasteiger partial charge in [0.25, 0.3) is 0 Å². The Bertz CT molecular complexity index is 1070. The van der Waals surface area contributed by atoms with Crippen molar-refractivity contribution in [2.75, 3.05) is 13.6 Å². The van der Waals surface area contributed by atoms with Gasteiger partial charge in [0.1, 0.15) is 5.75 Å². The first-order valence-corrected chi connectivity index (χ1v) is 10.9. The molecule has 3 rings (SSSR count). The Morgan fingerprint density at radius 3 is 2.48 bits per heavy atom. The second kappa shape index (κ2) is 11.7. The number of rotatable bonds is 9. The van der Waals surface area contributed by atoms with Crippen molar-refractivity contribution in [1.82, 2.24) is 20.5 Å². The van der Waals surface area contributed by atoms with Crippen LogP contribution in [0.15, 0.2) is 66.9 Å². The second-order valence-corrected chi connectivity index (χ2v) is 7.98. The monoisotopic (exact) mass is 446 g/mol. The summed E-state index contributed by atoms with van der Waals surface area (Å²) < 4.78 is 5.86. The number of aromatic nitrogens is 1. The minimum Gasteiger partial charge on any atom is -0.439 e. The zero-order valence-corrected chi connectivity index (χ0v) is 19.3. The van der Waals surface area contributed by atoms with Crippen molar-refractivity contribution in [3.05, 3.63) is 89.1 Å². The topological polar surface area (TPSA) is 83.6 Å². The summed E-state index contributed by atoms with van der Waals surface area (Å²) in [6, 6.07) is 19.2. The highest BCUT2D eigenvalue weighted by molar-refractivity contribution is 5.78. The van der Waals surface area contributed by atoms with Gasteiger partial charge >= 0.3 is 6.03 Å². The quantitative estimate of drug-likeness (QED) is 0.512. The summed E-state index contributed by atoms with van der Waals surface area (Å²) in [6.07, 6.45) is 1.88. The Labute approximate surface area is 194 Å². The average molecular weight is 447 g/mol. The van der Waals surface area contributed by atoms with Gasteiger partial charge in [0.15, 0.2) is 0 Å². The Kier molecular flexibility index (Phi) is 8.41. The molecule has 0 aliphatic carbocycles. The molecule has 0 fully saturated rings. The van der Waals surface area contributed by atoms with Gasteiger partial charge in [-0.05, 0) is 42.2 Å². The maximum Gasteiger partial charge on any atom is 0.317 e. The fourth-order valence-corrected chi connectivity index (χ4v) is 3.14. The Hall–Kier alpha value is -3.87. The zero-order valence-electron chi connectivity index (χ0n) is 19.3. The molecule has 33 heavy (non-hydrogen) atoms. The molecule has 3 amide bonds. The lowest BCUT2D eigenvalue weighted by Gasteiger charge is -2.18. The van der Waals surface area contributed by atoms with E-state index >= 15 is 0 Å². The van der Waals surface area contributed by atoms with Crippen LogP contribution in [0.1, 0.15) is 28.7 Å². The third-order valence-corrected chi connectivity index (χ3v) is 5.08. The van der Waals surface area contributed by atoms with Gasteiger partial charge in [0.2, 0.25) is 11.8 Å². The first kappa shape index (κ1) is 23.8. The van der Waals surface area contributed by atoms with E-state index in [0.29, 0.717) is 19.0 Å². The predicted molar refractivity (Wildman–Crippen MR) is 128 cm³/mol. The van der Waals surface area contributed by atoms with Crippen molar-refractivity contribution < 1.29 is 14.3 Å². The third kappa shape index (κ3) is 7.64. The lowest BCUT2D eigenvalue weighted by molar-refractivity contribution is -0.121. The molecule has 0 bridgehead atoms. The van der Waals surface area contributed by atoms with E-state index in [-0.39, 0.29) is 24.9 Å². The van der Waals surface area contributed by atoms with Crippen LogP contribution in [-0.2, 0) is 17.9 Å². The summed E-state index contributed by atoms with van der Waals surface area (Å²) >= 11 is 0. The van der Waals surface area contributed by atoms with Crippen LogP contribution < -0.4 is 15.4 Å². The Morgan fingerprint density at radius 1 is 0.970 bits per heavy atom. The molecule has 7 nitrogen and oxygen atoms in total. The standard InChI is InChI=1S/C26H30N4O3/c1-19-9-10-20(2)23(15-19)33-25-12-11-22(17-29-25)16-28-24(31)13-14-27-26(32)30(3)18-21-7-5-4-6-8-21/h4-12,15,17H,13-14,16,18H2,1-3H3,(H,27,32)(H,28,31). The van der Waals surface area contributed by atoms with Gasteiger partial charge < -0.3 is 20.3 Å². The van der Waals surface area contributed by atoms with Gasteiger partial charge in [0, 0.05) is 45.4 Å². The lowest BCUT2D eigenvalue weighted by Crippen LogP contribution is -2.38. The normalized spacial score (nSPS) is 10.4. The van der Waals surface area contributed by atoms with E-state index < -0.39 is 0 Å². The van der Waals surface area contributed by atoms with E-state index in [2.05, 4.69) is 15.6 Å². The van der Waals surface area contributed by atoms with Gasteiger partial charge in [-0.2, -0.15) is 0 Å². The largest absolute Gasteiger partial charge is 0.439 e. The van der Waals surface area contributed by atoms with E-state index in [1.165, 1.54) is 0 Å². The highest BCUT2D eigenvalue weighted by Gasteiger charge is 2.10. The number of carbonyl (C=O) groups excluding carboxylic acids is 2. The first-order chi connectivity index (χ1) is 15.9. The molecule has 0 aliphatic rings. The molecule has 0 saturated carbocycles. The maximum absolute atomic E-state index is 12.2. The molecule has 0 saturated heterocycles. The van der Waals surface area contributed by atoms with Crippen LogP contribution in [-0.4, -0.2) is 35.4 Å². The fourth-order valence-electron chi connectivity index (χ4n) is 3.14. The number of urea groups is 1. The minimum atomic E-state index is -0.213. The van der Waals surface area contributed by atoms with Crippen molar-refractivity contribution in [1.29, 1.82) is 0 Å². The fraction of sp³-hybridized carbons (Fsp3) is 0.269. The summed E-state index contributed by atoms with van der Waals surface area (Å²) in [4.78, 5) is 30.2. The number of nitrogens with one attached hydrogen (secondary N) is 2. The van der Waals surface area contributed by atoms with E-state index in [1.54, 1.807) is 24.2 Å². The molecular weight excluding hydrogens is 416 g/mol. The molecule has 2 N–H and O–H groups in total. The highest BCUT2D eigenvalue weighted by atomic mass is 16.5. The van der Waals surface area contributed by atoms with Crippen LogP contribution in [0.3, 0.4) is 0 Å². The minimum absolute atomic E-state index is 0.142. The van der Waals surface area contributed by atoms with E-state index in [0.717, 1.165) is 28.0 Å². The van der Waals surface area contributed by atoms with Crippen LogP contribution >= 0.6 is 0 Å². The number of pyridine rings is 1. The number of nitrogens with zero attached hydrogens (tertiary/aromatic N) is 2.